The molecule has 33 heavy (non-hydrogen) atoms. The van der Waals surface area contributed by atoms with Crippen molar-refractivity contribution in [2.24, 2.45) is 10.9 Å². The maximum absolute atomic E-state index is 13.7. The second kappa shape index (κ2) is 8.94. The lowest BCUT2D eigenvalue weighted by Gasteiger charge is -2.39. The van der Waals surface area contributed by atoms with Crippen LogP contribution in [0.25, 0.3) is 10.9 Å². The number of hydrogen-bond acceptors (Lipinski definition) is 4. The zero-order valence-corrected chi connectivity index (χ0v) is 21.2. The van der Waals surface area contributed by atoms with Crippen molar-refractivity contribution in [2.45, 2.75) is 46.5 Å². The van der Waals surface area contributed by atoms with E-state index in [2.05, 4.69) is 72.7 Å². The van der Waals surface area contributed by atoms with Gasteiger partial charge in [0.15, 0.2) is 5.78 Å². The second-order valence-electron chi connectivity index (χ2n) is 10.2. The Labute approximate surface area is 198 Å². The minimum Gasteiger partial charge on any atom is -0.372 e. The minimum absolute atomic E-state index is 0.139. The third-order valence-electron chi connectivity index (χ3n) is 7.65. The number of ketones is 1. The third kappa shape index (κ3) is 4.08. The number of hydrogen-bond donors (Lipinski definition) is 1. The number of piperazine rings is 1. The van der Waals surface area contributed by atoms with Crippen LogP contribution in [-0.4, -0.2) is 67.1 Å². The van der Waals surface area contributed by atoms with Crippen molar-refractivity contribution in [1.82, 2.24) is 14.8 Å². The van der Waals surface area contributed by atoms with Crippen molar-refractivity contribution in [3.63, 3.8) is 0 Å². The number of fused-ring (bicyclic) bond motifs is 3. The van der Waals surface area contributed by atoms with Crippen LogP contribution in [-0.2, 0) is 5.41 Å². The molecule has 1 aliphatic heterocycles. The van der Waals surface area contributed by atoms with Gasteiger partial charge in [-0.15, -0.1) is 0 Å². The van der Waals surface area contributed by atoms with Crippen molar-refractivity contribution in [1.29, 1.82) is 0 Å². The quantitative estimate of drug-likeness (QED) is 0.644. The lowest BCUT2D eigenvalue weighted by atomic mass is 9.70. The van der Waals surface area contributed by atoms with E-state index in [4.69, 9.17) is 0 Å². The highest BCUT2D eigenvalue weighted by Gasteiger charge is 2.39. The van der Waals surface area contributed by atoms with Crippen LogP contribution in [0, 0.1) is 5.92 Å². The number of nitrogens with zero attached hydrogens (tertiary/aromatic N) is 3. The Balaban J connectivity index is 1.84. The summed E-state index contributed by atoms with van der Waals surface area (Å²) in [7, 11) is 3.96. The molecule has 0 bridgehead atoms. The van der Waals surface area contributed by atoms with Crippen LogP contribution in [0.15, 0.2) is 46.1 Å². The van der Waals surface area contributed by atoms with Crippen LogP contribution < -0.4 is 0 Å². The molecule has 5 nitrogen and oxygen atoms in total. The standard InChI is InChI=1S/C28H38N4O/c1-8-18(2)24(32-13-11-31(7)12-14-32)16-22-19(3)26(33)25-21-10-9-20(17-29-6)15-23(21)30-27(25)28(22,4)5/h9-10,15-18,30H,8,11-14H2,1-7H3/b24-16+,29-17?. The molecule has 1 saturated heterocycles. The van der Waals surface area contributed by atoms with E-state index in [1.54, 1.807) is 7.05 Å². The molecule has 1 aromatic heterocycles. The molecule has 2 aliphatic rings. The van der Waals surface area contributed by atoms with Crippen LogP contribution in [0.2, 0.25) is 0 Å². The number of carbonyl (C=O) groups is 1. The van der Waals surface area contributed by atoms with Crippen LogP contribution in [0.1, 0.15) is 62.7 Å². The zero-order chi connectivity index (χ0) is 23.9. The minimum atomic E-state index is -0.295. The number of allylic oxidation sites excluding steroid dienone is 4. The summed E-state index contributed by atoms with van der Waals surface area (Å²) in [6, 6.07) is 6.18. The molecule has 4 rings (SSSR count). The Kier molecular flexibility index (Phi) is 6.37. The van der Waals surface area contributed by atoms with Crippen LogP contribution in [0.5, 0.6) is 0 Å². The number of H-pyrrole nitrogens is 1. The molecular formula is C28H38N4O. The number of likely N-dealkylation sites (N-methyl/N-ethyl adjacent to an activating group) is 1. The largest absolute Gasteiger partial charge is 0.372 e. The predicted octanol–water partition coefficient (Wildman–Crippen LogP) is 5.18. The summed E-state index contributed by atoms with van der Waals surface area (Å²) < 4.78 is 0. The van der Waals surface area contributed by atoms with Gasteiger partial charge in [0.1, 0.15) is 0 Å². The van der Waals surface area contributed by atoms with Gasteiger partial charge in [-0.2, -0.15) is 0 Å². The predicted molar refractivity (Wildman–Crippen MR) is 138 cm³/mol. The van der Waals surface area contributed by atoms with E-state index < -0.39 is 0 Å². The number of rotatable bonds is 5. The smallest absolute Gasteiger partial charge is 0.191 e. The number of carbonyl (C=O) groups excluding carboxylic acids is 1. The average Bonchev–Trinajstić information content (AvgIpc) is 3.18. The first-order valence-electron chi connectivity index (χ1n) is 12.2. The molecule has 1 unspecified atom stereocenters. The Morgan fingerprint density at radius 3 is 2.58 bits per heavy atom. The van der Waals surface area contributed by atoms with Gasteiger partial charge >= 0.3 is 0 Å². The van der Waals surface area contributed by atoms with E-state index in [9.17, 15) is 4.79 Å². The summed E-state index contributed by atoms with van der Waals surface area (Å²) in [6.07, 6.45) is 5.27. The molecule has 176 valence electrons. The first kappa shape index (κ1) is 23.5. The summed E-state index contributed by atoms with van der Waals surface area (Å²) in [5.74, 6) is 0.584. The Morgan fingerprint density at radius 1 is 1.24 bits per heavy atom. The van der Waals surface area contributed by atoms with Crippen molar-refractivity contribution in [3.8, 4) is 0 Å². The fourth-order valence-electron chi connectivity index (χ4n) is 5.32. The van der Waals surface area contributed by atoms with Gasteiger partial charge in [-0.1, -0.05) is 39.8 Å². The number of aliphatic imine (C=N–C) groups is 1. The van der Waals surface area contributed by atoms with Gasteiger partial charge in [-0.25, -0.2) is 0 Å². The number of aromatic amines is 1. The maximum Gasteiger partial charge on any atom is 0.191 e. The number of Topliss-reactive ketones (excluding diaryl/α,β-unsaturated/α-hetero) is 1. The highest BCUT2D eigenvalue weighted by atomic mass is 16.1. The third-order valence-corrected chi connectivity index (χ3v) is 7.65. The van der Waals surface area contributed by atoms with Crippen molar-refractivity contribution in [2.75, 3.05) is 40.3 Å². The summed E-state index contributed by atoms with van der Waals surface area (Å²) in [6.45, 7) is 15.3. The van der Waals surface area contributed by atoms with Crippen molar-refractivity contribution >= 4 is 22.9 Å². The van der Waals surface area contributed by atoms with Crippen LogP contribution in [0.3, 0.4) is 0 Å². The van der Waals surface area contributed by atoms with E-state index in [0.717, 1.165) is 71.5 Å². The Hall–Kier alpha value is -2.66. The summed E-state index contributed by atoms with van der Waals surface area (Å²) in [5.41, 5.74) is 6.95. The average molecular weight is 447 g/mol. The first-order valence-corrected chi connectivity index (χ1v) is 12.2. The van der Waals surface area contributed by atoms with Crippen LogP contribution in [0.4, 0.5) is 0 Å². The monoisotopic (exact) mass is 446 g/mol. The lowest BCUT2D eigenvalue weighted by Crippen LogP contribution is -2.45. The van der Waals surface area contributed by atoms with Crippen LogP contribution >= 0.6 is 0 Å². The van der Waals surface area contributed by atoms with Crippen molar-refractivity contribution in [3.05, 3.63) is 57.9 Å². The Morgan fingerprint density at radius 2 is 1.94 bits per heavy atom. The molecule has 0 amide bonds. The van der Waals surface area contributed by atoms with Gasteiger partial charge < -0.3 is 14.8 Å². The molecule has 0 radical (unpaired) electrons. The Bertz CT molecular complexity index is 1160. The summed E-state index contributed by atoms with van der Waals surface area (Å²) >= 11 is 0. The molecule has 0 spiro atoms. The van der Waals surface area contributed by atoms with Gasteiger partial charge in [-0.05, 0) is 49.6 Å². The molecular weight excluding hydrogens is 408 g/mol. The van der Waals surface area contributed by atoms with E-state index in [-0.39, 0.29) is 11.2 Å². The fraction of sp³-hybridized carbons (Fsp3) is 0.500. The molecule has 0 saturated carbocycles. The second-order valence-corrected chi connectivity index (χ2v) is 10.2. The summed E-state index contributed by atoms with van der Waals surface area (Å²) in [5, 5.41) is 1.000. The normalized spacial score (nSPS) is 20.8. The molecule has 2 aromatic rings. The van der Waals surface area contributed by atoms with E-state index in [0.29, 0.717) is 5.92 Å². The van der Waals surface area contributed by atoms with Gasteiger partial charge in [0, 0.05) is 72.7 Å². The van der Waals surface area contributed by atoms with E-state index in [1.807, 2.05) is 19.2 Å². The molecule has 1 fully saturated rings. The number of nitrogens with one attached hydrogen (secondary N) is 1. The van der Waals surface area contributed by atoms with Gasteiger partial charge in [0.25, 0.3) is 0 Å². The van der Waals surface area contributed by atoms with Gasteiger partial charge in [0.05, 0.1) is 5.56 Å². The molecule has 5 heteroatoms. The topological polar surface area (TPSA) is 51.7 Å². The highest BCUT2D eigenvalue weighted by Crippen LogP contribution is 2.44. The lowest BCUT2D eigenvalue weighted by molar-refractivity contribution is 0.102. The summed E-state index contributed by atoms with van der Waals surface area (Å²) in [4.78, 5) is 26.4. The molecule has 1 atom stereocenters. The van der Waals surface area contributed by atoms with Gasteiger partial charge in [-0.3, -0.25) is 9.79 Å². The highest BCUT2D eigenvalue weighted by molar-refractivity contribution is 6.19. The number of benzene rings is 1. The first-order chi connectivity index (χ1) is 15.7. The molecule has 1 aliphatic carbocycles. The van der Waals surface area contributed by atoms with E-state index in [1.165, 1.54) is 5.70 Å². The molecule has 2 heterocycles. The fourth-order valence-corrected chi connectivity index (χ4v) is 5.32. The number of aromatic nitrogens is 1. The molecule has 1 N–H and O–H groups in total. The van der Waals surface area contributed by atoms with Crippen molar-refractivity contribution < 1.29 is 4.79 Å². The van der Waals surface area contributed by atoms with E-state index >= 15 is 0 Å². The molecule has 1 aromatic carbocycles. The van der Waals surface area contributed by atoms with Gasteiger partial charge in [0.2, 0.25) is 0 Å². The maximum atomic E-state index is 13.7. The SMILES string of the molecule is CCC(C)/C(=C\C1=C(C)C(=O)c2c([nH]c3cc(C=NC)ccc23)C1(C)C)N1CCN(C)CC1. The zero-order valence-electron chi connectivity index (χ0n) is 21.2.